The number of amides is 1. The summed E-state index contributed by atoms with van der Waals surface area (Å²) in [6.45, 7) is 5.26. The number of rotatable bonds is 4. The molecule has 0 saturated carbocycles. The first-order valence-electron chi connectivity index (χ1n) is 6.27. The van der Waals surface area contributed by atoms with E-state index in [9.17, 15) is 4.79 Å². The number of carbonyl (C=O) groups is 1. The van der Waals surface area contributed by atoms with E-state index in [0.29, 0.717) is 17.3 Å². The molecule has 1 saturated heterocycles. The lowest BCUT2D eigenvalue weighted by Gasteiger charge is -2.20. The Balaban J connectivity index is 2.04. The third kappa shape index (κ3) is 2.67. The van der Waals surface area contributed by atoms with Crippen molar-refractivity contribution in [2.75, 3.05) is 6.61 Å². The van der Waals surface area contributed by atoms with Crippen molar-refractivity contribution in [1.82, 2.24) is 15.1 Å². The lowest BCUT2D eigenvalue weighted by Crippen LogP contribution is -2.41. The average Bonchev–Trinajstić information content (AvgIpc) is 2.97. The SMILES string of the molecule is CCn1ncc(Cl)c1C(=O)NC(C)C1CCCO1. The first kappa shape index (κ1) is 13.4. The standard InChI is InChI=1S/C12H18ClN3O2/c1-3-16-11(9(13)7-14-16)12(17)15-8(2)10-5-4-6-18-10/h7-8,10H,3-6H2,1-2H3,(H,15,17). The minimum atomic E-state index is -0.192. The molecular weight excluding hydrogens is 254 g/mol. The van der Waals surface area contributed by atoms with E-state index in [4.69, 9.17) is 16.3 Å². The Kier molecular flexibility index (Phi) is 4.24. The van der Waals surface area contributed by atoms with Gasteiger partial charge in [-0.3, -0.25) is 9.48 Å². The highest BCUT2D eigenvalue weighted by Crippen LogP contribution is 2.18. The lowest BCUT2D eigenvalue weighted by atomic mass is 10.1. The molecule has 5 nitrogen and oxygen atoms in total. The van der Waals surface area contributed by atoms with Crippen molar-refractivity contribution >= 4 is 17.5 Å². The van der Waals surface area contributed by atoms with E-state index >= 15 is 0 Å². The Labute approximate surface area is 111 Å². The number of hydrogen-bond acceptors (Lipinski definition) is 3. The molecule has 6 heteroatoms. The summed E-state index contributed by atoms with van der Waals surface area (Å²) in [6.07, 6.45) is 3.64. The normalized spacial score (nSPS) is 20.9. The number of aromatic nitrogens is 2. The zero-order valence-corrected chi connectivity index (χ0v) is 11.4. The van der Waals surface area contributed by atoms with Crippen molar-refractivity contribution in [3.05, 3.63) is 16.9 Å². The van der Waals surface area contributed by atoms with Crippen LogP contribution in [0, 0.1) is 0 Å². The largest absolute Gasteiger partial charge is 0.376 e. The summed E-state index contributed by atoms with van der Waals surface area (Å²) in [5, 5.41) is 7.37. The van der Waals surface area contributed by atoms with Gasteiger partial charge in [0.05, 0.1) is 23.4 Å². The van der Waals surface area contributed by atoms with Crippen LogP contribution in [-0.2, 0) is 11.3 Å². The summed E-state index contributed by atoms with van der Waals surface area (Å²) < 4.78 is 7.15. The van der Waals surface area contributed by atoms with Crippen LogP contribution in [0.15, 0.2) is 6.20 Å². The van der Waals surface area contributed by atoms with Gasteiger partial charge in [0.2, 0.25) is 0 Å². The van der Waals surface area contributed by atoms with Crippen molar-refractivity contribution in [3.8, 4) is 0 Å². The van der Waals surface area contributed by atoms with Crippen LogP contribution < -0.4 is 5.32 Å². The van der Waals surface area contributed by atoms with Crippen LogP contribution in [0.1, 0.15) is 37.2 Å². The molecule has 2 heterocycles. The molecule has 2 atom stereocenters. The minimum Gasteiger partial charge on any atom is -0.376 e. The summed E-state index contributed by atoms with van der Waals surface area (Å²) in [4.78, 5) is 12.2. The van der Waals surface area contributed by atoms with Crippen molar-refractivity contribution < 1.29 is 9.53 Å². The summed E-state index contributed by atoms with van der Waals surface area (Å²) in [7, 11) is 0. The van der Waals surface area contributed by atoms with Crippen LogP contribution >= 0.6 is 11.6 Å². The third-order valence-corrected chi connectivity index (χ3v) is 3.47. The van der Waals surface area contributed by atoms with E-state index in [1.54, 1.807) is 4.68 Å². The molecule has 1 aliphatic rings. The fraction of sp³-hybridized carbons (Fsp3) is 0.667. The quantitative estimate of drug-likeness (QED) is 0.909. The van der Waals surface area contributed by atoms with E-state index < -0.39 is 0 Å². The van der Waals surface area contributed by atoms with Gasteiger partial charge >= 0.3 is 0 Å². The first-order chi connectivity index (χ1) is 8.63. The van der Waals surface area contributed by atoms with Gasteiger partial charge in [-0.2, -0.15) is 5.10 Å². The highest BCUT2D eigenvalue weighted by molar-refractivity contribution is 6.33. The summed E-state index contributed by atoms with van der Waals surface area (Å²) in [5.41, 5.74) is 0.420. The van der Waals surface area contributed by atoms with Crippen molar-refractivity contribution in [2.24, 2.45) is 0 Å². The summed E-state index contributed by atoms with van der Waals surface area (Å²) >= 11 is 5.99. The molecule has 2 unspecified atom stereocenters. The van der Waals surface area contributed by atoms with Gasteiger partial charge in [-0.1, -0.05) is 11.6 Å². The maximum atomic E-state index is 12.2. The van der Waals surface area contributed by atoms with Gasteiger partial charge in [0, 0.05) is 13.2 Å². The smallest absolute Gasteiger partial charge is 0.271 e. The van der Waals surface area contributed by atoms with E-state index in [2.05, 4.69) is 10.4 Å². The molecule has 0 aromatic carbocycles. The van der Waals surface area contributed by atoms with Gasteiger partial charge in [0.25, 0.3) is 5.91 Å². The number of nitrogens with one attached hydrogen (secondary N) is 1. The Morgan fingerprint density at radius 1 is 1.78 bits per heavy atom. The third-order valence-electron chi connectivity index (χ3n) is 3.19. The van der Waals surface area contributed by atoms with Crippen LogP contribution in [0.25, 0.3) is 0 Å². The van der Waals surface area contributed by atoms with Crippen molar-refractivity contribution in [3.63, 3.8) is 0 Å². The van der Waals surface area contributed by atoms with Crippen molar-refractivity contribution in [2.45, 2.75) is 45.4 Å². The maximum Gasteiger partial charge on any atom is 0.271 e. The zero-order chi connectivity index (χ0) is 13.1. The molecule has 1 N–H and O–H groups in total. The summed E-state index contributed by atoms with van der Waals surface area (Å²) in [6, 6.07) is -0.0173. The molecule has 1 aromatic heterocycles. The Hall–Kier alpha value is -1.07. The fourth-order valence-electron chi connectivity index (χ4n) is 2.19. The van der Waals surface area contributed by atoms with Gasteiger partial charge in [-0.25, -0.2) is 0 Å². The van der Waals surface area contributed by atoms with E-state index in [0.717, 1.165) is 19.4 Å². The molecular formula is C12H18ClN3O2. The molecule has 0 radical (unpaired) electrons. The number of halogens is 1. The van der Waals surface area contributed by atoms with E-state index in [1.807, 2.05) is 13.8 Å². The number of hydrogen-bond donors (Lipinski definition) is 1. The Morgan fingerprint density at radius 3 is 3.17 bits per heavy atom. The second-order valence-electron chi connectivity index (χ2n) is 4.47. The lowest BCUT2D eigenvalue weighted by molar-refractivity contribution is 0.0706. The molecule has 18 heavy (non-hydrogen) atoms. The number of nitrogens with zero attached hydrogens (tertiary/aromatic N) is 2. The zero-order valence-electron chi connectivity index (χ0n) is 10.6. The van der Waals surface area contributed by atoms with Crippen LogP contribution in [0.5, 0.6) is 0 Å². The van der Waals surface area contributed by atoms with Gasteiger partial charge in [-0.05, 0) is 26.7 Å². The second-order valence-corrected chi connectivity index (χ2v) is 4.88. The van der Waals surface area contributed by atoms with Gasteiger partial charge in [0.1, 0.15) is 5.69 Å². The summed E-state index contributed by atoms with van der Waals surface area (Å²) in [5.74, 6) is -0.192. The van der Waals surface area contributed by atoms with Gasteiger partial charge in [-0.15, -0.1) is 0 Å². The molecule has 1 amide bonds. The van der Waals surface area contributed by atoms with Gasteiger partial charge in [0.15, 0.2) is 0 Å². The maximum absolute atomic E-state index is 12.2. The highest BCUT2D eigenvalue weighted by atomic mass is 35.5. The van der Waals surface area contributed by atoms with Crippen LogP contribution in [-0.4, -0.2) is 34.4 Å². The van der Waals surface area contributed by atoms with Gasteiger partial charge < -0.3 is 10.1 Å². The molecule has 1 aliphatic heterocycles. The van der Waals surface area contributed by atoms with Crippen LogP contribution in [0.4, 0.5) is 0 Å². The number of aryl methyl sites for hydroxylation is 1. The number of ether oxygens (including phenoxy) is 1. The highest BCUT2D eigenvalue weighted by Gasteiger charge is 2.26. The van der Waals surface area contributed by atoms with E-state index in [1.165, 1.54) is 6.20 Å². The monoisotopic (exact) mass is 271 g/mol. The molecule has 1 aromatic rings. The Morgan fingerprint density at radius 2 is 2.56 bits per heavy atom. The molecule has 1 fully saturated rings. The predicted octanol–water partition coefficient (Wildman–Crippen LogP) is 1.85. The Bertz CT molecular complexity index is 427. The van der Waals surface area contributed by atoms with Crippen LogP contribution in [0.3, 0.4) is 0 Å². The predicted molar refractivity (Wildman–Crippen MR) is 68.8 cm³/mol. The van der Waals surface area contributed by atoms with Crippen LogP contribution in [0.2, 0.25) is 5.02 Å². The first-order valence-corrected chi connectivity index (χ1v) is 6.65. The second kappa shape index (κ2) is 5.71. The molecule has 0 aliphatic carbocycles. The topological polar surface area (TPSA) is 56.2 Å². The molecule has 100 valence electrons. The molecule has 2 rings (SSSR count). The minimum absolute atomic E-state index is 0.0173. The molecule has 0 bridgehead atoms. The van der Waals surface area contributed by atoms with E-state index in [-0.39, 0.29) is 18.1 Å². The number of carbonyl (C=O) groups excluding carboxylic acids is 1. The van der Waals surface area contributed by atoms with Crippen molar-refractivity contribution in [1.29, 1.82) is 0 Å². The fourth-order valence-corrected chi connectivity index (χ4v) is 2.42. The molecule has 0 spiro atoms. The average molecular weight is 272 g/mol.